The van der Waals surface area contributed by atoms with Crippen LogP contribution in [-0.2, 0) is 4.79 Å². The van der Waals surface area contributed by atoms with Gasteiger partial charge in [0.05, 0.1) is 21.5 Å². The van der Waals surface area contributed by atoms with E-state index < -0.39 is 11.4 Å². The molecule has 1 fully saturated rings. The molecule has 4 rings (SSSR count). The van der Waals surface area contributed by atoms with Gasteiger partial charge in [-0.1, -0.05) is 23.7 Å². The number of carbonyl (C=O) groups is 1. The molecule has 26 heavy (non-hydrogen) atoms. The van der Waals surface area contributed by atoms with Crippen molar-refractivity contribution in [3.8, 4) is 11.4 Å². The Morgan fingerprint density at radius 3 is 2.88 bits per heavy atom. The van der Waals surface area contributed by atoms with Gasteiger partial charge < -0.3 is 15.0 Å². The van der Waals surface area contributed by atoms with Crippen LogP contribution in [0, 0.1) is 5.41 Å². The van der Waals surface area contributed by atoms with Gasteiger partial charge in [-0.15, -0.1) is 0 Å². The Morgan fingerprint density at radius 2 is 2.12 bits per heavy atom. The maximum absolute atomic E-state index is 11.6. The number of halogens is 1. The van der Waals surface area contributed by atoms with E-state index in [1.807, 2.05) is 49.4 Å². The lowest BCUT2D eigenvalue weighted by Crippen LogP contribution is -2.46. The molecule has 134 valence electrons. The second-order valence-electron chi connectivity index (χ2n) is 7.16. The van der Waals surface area contributed by atoms with Crippen molar-refractivity contribution < 1.29 is 9.90 Å². The number of fused-ring (bicyclic) bond motifs is 1. The predicted molar refractivity (Wildman–Crippen MR) is 104 cm³/mol. The van der Waals surface area contributed by atoms with Gasteiger partial charge in [-0.3, -0.25) is 4.79 Å². The number of anilines is 1. The molecule has 1 unspecified atom stereocenters. The third kappa shape index (κ3) is 2.92. The second kappa shape index (κ2) is 6.32. The number of nitrogens with one attached hydrogen (secondary N) is 1. The van der Waals surface area contributed by atoms with E-state index in [2.05, 4.69) is 14.9 Å². The minimum Gasteiger partial charge on any atom is -0.481 e. The molecule has 3 aromatic rings. The number of carboxylic acids is 1. The SMILES string of the molecule is CC1(C(=O)O)CCCN(c2ccc(Cl)c(-c3nc4ccccc4[nH]3)c2)C1. The summed E-state index contributed by atoms with van der Waals surface area (Å²) in [5.74, 6) is -0.0234. The summed E-state index contributed by atoms with van der Waals surface area (Å²) in [4.78, 5) is 21.7. The minimum atomic E-state index is -0.742. The van der Waals surface area contributed by atoms with Gasteiger partial charge in [0, 0.05) is 24.3 Å². The number of aliphatic carboxylic acids is 1. The predicted octanol–water partition coefficient (Wildman–Crippen LogP) is 4.57. The van der Waals surface area contributed by atoms with E-state index in [1.54, 1.807) is 0 Å². The first kappa shape index (κ1) is 16.9. The van der Waals surface area contributed by atoms with E-state index >= 15 is 0 Å². The van der Waals surface area contributed by atoms with Crippen molar-refractivity contribution in [2.24, 2.45) is 5.41 Å². The van der Waals surface area contributed by atoms with Crippen LogP contribution in [-0.4, -0.2) is 34.1 Å². The van der Waals surface area contributed by atoms with Crippen molar-refractivity contribution in [1.29, 1.82) is 0 Å². The lowest BCUT2D eigenvalue weighted by atomic mass is 9.82. The molecule has 5 nitrogen and oxygen atoms in total. The monoisotopic (exact) mass is 369 g/mol. The van der Waals surface area contributed by atoms with E-state index in [-0.39, 0.29) is 0 Å². The Bertz CT molecular complexity index is 951. The molecule has 1 aliphatic heterocycles. The first-order valence-corrected chi connectivity index (χ1v) is 9.07. The molecule has 0 radical (unpaired) electrons. The summed E-state index contributed by atoms with van der Waals surface area (Å²) in [7, 11) is 0. The number of para-hydroxylation sites is 2. The third-order valence-corrected chi connectivity index (χ3v) is 5.50. The van der Waals surface area contributed by atoms with Crippen molar-refractivity contribution in [3.05, 3.63) is 47.5 Å². The number of imidazole rings is 1. The highest BCUT2D eigenvalue weighted by atomic mass is 35.5. The summed E-state index contributed by atoms with van der Waals surface area (Å²) < 4.78 is 0. The van der Waals surface area contributed by atoms with Crippen molar-refractivity contribution in [1.82, 2.24) is 9.97 Å². The summed E-state index contributed by atoms with van der Waals surface area (Å²) in [5.41, 5.74) is 2.91. The van der Waals surface area contributed by atoms with Gasteiger partial charge in [0.15, 0.2) is 0 Å². The van der Waals surface area contributed by atoms with Crippen molar-refractivity contribution in [2.45, 2.75) is 19.8 Å². The normalized spacial score (nSPS) is 20.5. The number of H-pyrrole nitrogens is 1. The Morgan fingerprint density at radius 1 is 1.31 bits per heavy atom. The highest BCUT2D eigenvalue weighted by Crippen LogP contribution is 2.36. The molecule has 0 bridgehead atoms. The molecule has 1 saturated heterocycles. The number of piperidine rings is 1. The highest BCUT2D eigenvalue weighted by Gasteiger charge is 2.38. The zero-order chi connectivity index (χ0) is 18.3. The third-order valence-electron chi connectivity index (χ3n) is 5.17. The summed E-state index contributed by atoms with van der Waals surface area (Å²) in [6.07, 6.45) is 1.55. The van der Waals surface area contributed by atoms with Gasteiger partial charge in [-0.2, -0.15) is 0 Å². The average molecular weight is 370 g/mol. The Kier molecular flexibility index (Phi) is 4.11. The molecule has 2 aromatic carbocycles. The first-order valence-electron chi connectivity index (χ1n) is 8.69. The number of hydrogen-bond donors (Lipinski definition) is 2. The first-order chi connectivity index (χ1) is 12.5. The van der Waals surface area contributed by atoms with Gasteiger partial charge >= 0.3 is 5.97 Å². The van der Waals surface area contributed by atoms with Crippen LogP contribution in [0.1, 0.15) is 19.8 Å². The molecule has 1 atom stereocenters. The van der Waals surface area contributed by atoms with Crippen LogP contribution in [0.2, 0.25) is 5.02 Å². The smallest absolute Gasteiger partial charge is 0.311 e. The van der Waals surface area contributed by atoms with E-state index in [1.165, 1.54) is 0 Å². The van der Waals surface area contributed by atoms with E-state index in [4.69, 9.17) is 11.6 Å². The van der Waals surface area contributed by atoms with Crippen LogP contribution in [0.4, 0.5) is 5.69 Å². The van der Waals surface area contributed by atoms with Crippen LogP contribution in [0.15, 0.2) is 42.5 Å². The van der Waals surface area contributed by atoms with Crippen LogP contribution in [0.5, 0.6) is 0 Å². The molecule has 0 spiro atoms. The minimum absolute atomic E-state index is 0.490. The van der Waals surface area contributed by atoms with Crippen molar-refractivity contribution in [2.75, 3.05) is 18.0 Å². The lowest BCUT2D eigenvalue weighted by Gasteiger charge is -2.39. The standard InChI is InChI=1S/C20H20ClN3O2/c1-20(19(25)26)9-4-10-24(12-20)13-7-8-15(21)14(11-13)18-22-16-5-2-3-6-17(16)23-18/h2-3,5-8,11H,4,9-10,12H2,1H3,(H,22,23)(H,25,26). The number of benzene rings is 2. The summed E-state index contributed by atoms with van der Waals surface area (Å²) in [6.45, 7) is 3.14. The molecule has 1 aliphatic rings. The van der Waals surface area contributed by atoms with Crippen molar-refractivity contribution >= 4 is 34.3 Å². The zero-order valence-corrected chi connectivity index (χ0v) is 15.3. The molecule has 2 N–H and O–H groups in total. The molecule has 0 amide bonds. The maximum Gasteiger partial charge on any atom is 0.311 e. The van der Waals surface area contributed by atoms with Gasteiger partial charge in [-0.25, -0.2) is 4.98 Å². The van der Waals surface area contributed by atoms with E-state index in [0.29, 0.717) is 18.0 Å². The average Bonchev–Trinajstić information content (AvgIpc) is 3.06. The molecular formula is C20H20ClN3O2. The van der Waals surface area contributed by atoms with Gasteiger partial charge in [0.2, 0.25) is 0 Å². The molecule has 1 aromatic heterocycles. The number of nitrogens with zero attached hydrogens (tertiary/aromatic N) is 2. The molecule has 6 heteroatoms. The van der Waals surface area contributed by atoms with Crippen LogP contribution in [0.25, 0.3) is 22.4 Å². The number of hydrogen-bond acceptors (Lipinski definition) is 3. The largest absolute Gasteiger partial charge is 0.481 e. The zero-order valence-electron chi connectivity index (χ0n) is 14.5. The fourth-order valence-corrected chi connectivity index (χ4v) is 3.81. The maximum atomic E-state index is 11.6. The number of carboxylic acid groups (broad SMARTS) is 1. The highest BCUT2D eigenvalue weighted by molar-refractivity contribution is 6.33. The van der Waals surface area contributed by atoms with Crippen LogP contribution in [0.3, 0.4) is 0 Å². The van der Waals surface area contributed by atoms with Crippen molar-refractivity contribution in [3.63, 3.8) is 0 Å². The Labute approximate surface area is 156 Å². The fourth-order valence-electron chi connectivity index (χ4n) is 3.61. The number of aromatic amines is 1. The molecular weight excluding hydrogens is 350 g/mol. The quantitative estimate of drug-likeness (QED) is 0.709. The molecule has 0 saturated carbocycles. The van der Waals surface area contributed by atoms with Gasteiger partial charge in [0.25, 0.3) is 0 Å². The lowest BCUT2D eigenvalue weighted by molar-refractivity contribution is -0.148. The molecule has 0 aliphatic carbocycles. The number of rotatable bonds is 3. The van der Waals surface area contributed by atoms with Gasteiger partial charge in [0.1, 0.15) is 5.82 Å². The van der Waals surface area contributed by atoms with Crippen LogP contribution >= 0.6 is 11.6 Å². The fraction of sp³-hybridized carbons (Fsp3) is 0.300. The molecule has 2 heterocycles. The summed E-state index contributed by atoms with van der Waals surface area (Å²) in [5, 5.41) is 10.2. The van der Waals surface area contributed by atoms with Gasteiger partial charge in [-0.05, 0) is 50.1 Å². The summed E-state index contributed by atoms with van der Waals surface area (Å²) >= 11 is 6.43. The topological polar surface area (TPSA) is 69.2 Å². The van der Waals surface area contributed by atoms with Crippen LogP contribution < -0.4 is 4.90 Å². The second-order valence-corrected chi connectivity index (χ2v) is 7.56. The Hall–Kier alpha value is -2.53. The van der Waals surface area contributed by atoms with E-state index in [9.17, 15) is 9.90 Å². The van der Waals surface area contributed by atoms with E-state index in [0.717, 1.165) is 41.1 Å². The Balaban J connectivity index is 1.71. The number of aromatic nitrogens is 2. The summed E-state index contributed by atoms with van der Waals surface area (Å²) in [6, 6.07) is 13.6.